The molecule has 1 aliphatic carbocycles. The zero-order valence-corrected chi connectivity index (χ0v) is 10.7. The number of fused-ring (bicyclic) bond motifs is 1. The molecule has 0 spiro atoms. The Kier molecular flexibility index (Phi) is 4.17. The third kappa shape index (κ3) is 2.64. The maximum Gasteiger partial charge on any atom is 0.387 e. The van der Waals surface area contributed by atoms with E-state index in [-0.39, 0.29) is 6.04 Å². The Morgan fingerprint density at radius 2 is 2.22 bits per heavy atom. The van der Waals surface area contributed by atoms with E-state index >= 15 is 0 Å². The highest BCUT2D eigenvalue weighted by atomic mass is 19.3. The lowest BCUT2D eigenvalue weighted by molar-refractivity contribution is -0.0504. The molecule has 2 atom stereocenters. The van der Waals surface area contributed by atoms with Gasteiger partial charge in [0.05, 0.1) is 0 Å². The highest BCUT2D eigenvalue weighted by molar-refractivity contribution is 5.45. The Morgan fingerprint density at radius 3 is 2.89 bits per heavy atom. The van der Waals surface area contributed by atoms with Crippen LogP contribution in [0.25, 0.3) is 0 Å². The third-order valence-corrected chi connectivity index (χ3v) is 3.43. The van der Waals surface area contributed by atoms with Gasteiger partial charge in [-0.3, -0.25) is 0 Å². The van der Waals surface area contributed by atoms with E-state index in [9.17, 15) is 8.78 Å². The van der Waals surface area contributed by atoms with Crippen molar-refractivity contribution in [2.75, 3.05) is 6.54 Å². The Morgan fingerprint density at radius 1 is 1.44 bits per heavy atom. The van der Waals surface area contributed by atoms with Gasteiger partial charge in [-0.2, -0.15) is 8.78 Å². The second kappa shape index (κ2) is 5.65. The van der Waals surface area contributed by atoms with Gasteiger partial charge in [0.15, 0.2) is 0 Å². The molecule has 2 unspecified atom stereocenters. The standard InChI is InChI=1S/C14H19F2NO/c1-3-7-17-13-9(2)8-11-10(13)5-4-6-12(11)18-14(15)16/h4-6,9,13-14,17H,3,7-8H2,1-2H3. The Bertz CT molecular complexity index is 409. The topological polar surface area (TPSA) is 21.3 Å². The monoisotopic (exact) mass is 255 g/mol. The van der Waals surface area contributed by atoms with Gasteiger partial charge in [-0.05, 0) is 42.5 Å². The molecule has 0 fully saturated rings. The first-order valence-electron chi connectivity index (χ1n) is 6.43. The van der Waals surface area contributed by atoms with Crippen LogP contribution in [-0.4, -0.2) is 13.2 Å². The summed E-state index contributed by atoms with van der Waals surface area (Å²) in [5.74, 6) is 0.740. The Hall–Kier alpha value is -1.16. The molecule has 2 nitrogen and oxygen atoms in total. The lowest BCUT2D eigenvalue weighted by Crippen LogP contribution is -2.24. The summed E-state index contributed by atoms with van der Waals surface area (Å²) in [6.45, 7) is 2.44. The van der Waals surface area contributed by atoms with E-state index < -0.39 is 6.61 Å². The van der Waals surface area contributed by atoms with Gasteiger partial charge < -0.3 is 10.1 Å². The van der Waals surface area contributed by atoms with Crippen molar-refractivity contribution in [3.63, 3.8) is 0 Å². The van der Waals surface area contributed by atoms with Gasteiger partial charge in [0, 0.05) is 6.04 Å². The SMILES string of the molecule is CCCNC1c2cccc(OC(F)F)c2CC1C. The van der Waals surface area contributed by atoms with Gasteiger partial charge >= 0.3 is 6.61 Å². The number of hydrogen-bond donors (Lipinski definition) is 1. The normalized spacial score (nSPS) is 22.3. The quantitative estimate of drug-likeness (QED) is 0.869. The maximum absolute atomic E-state index is 12.3. The molecule has 1 aromatic rings. The van der Waals surface area contributed by atoms with Crippen LogP contribution in [0.4, 0.5) is 8.78 Å². The molecule has 18 heavy (non-hydrogen) atoms. The Balaban J connectivity index is 2.24. The summed E-state index contributed by atoms with van der Waals surface area (Å²) in [5, 5.41) is 3.47. The fourth-order valence-electron chi connectivity index (χ4n) is 2.66. The van der Waals surface area contributed by atoms with E-state index in [1.165, 1.54) is 0 Å². The van der Waals surface area contributed by atoms with Crippen molar-refractivity contribution in [3.8, 4) is 5.75 Å². The summed E-state index contributed by atoms with van der Waals surface area (Å²) in [6.07, 6.45) is 1.85. The van der Waals surface area contributed by atoms with E-state index in [4.69, 9.17) is 0 Å². The van der Waals surface area contributed by atoms with Gasteiger partial charge in [0.25, 0.3) is 0 Å². The predicted molar refractivity (Wildman–Crippen MR) is 67.0 cm³/mol. The molecule has 4 heteroatoms. The molecule has 100 valence electrons. The number of ether oxygens (including phenoxy) is 1. The van der Waals surface area contributed by atoms with Crippen LogP contribution < -0.4 is 10.1 Å². The second-order valence-corrected chi connectivity index (χ2v) is 4.82. The summed E-state index contributed by atoms with van der Waals surface area (Å²) in [7, 11) is 0. The first-order valence-corrected chi connectivity index (χ1v) is 6.43. The maximum atomic E-state index is 12.3. The van der Waals surface area contributed by atoms with Crippen molar-refractivity contribution in [2.45, 2.75) is 39.3 Å². The number of hydrogen-bond acceptors (Lipinski definition) is 2. The van der Waals surface area contributed by atoms with E-state index in [1.54, 1.807) is 12.1 Å². The van der Waals surface area contributed by atoms with Crippen LogP contribution in [0, 0.1) is 5.92 Å². The number of rotatable bonds is 5. The molecular formula is C14H19F2NO. The number of alkyl halides is 2. The lowest BCUT2D eigenvalue weighted by atomic mass is 10.0. The predicted octanol–water partition coefficient (Wildman–Crippen LogP) is 3.52. The zero-order valence-electron chi connectivity index (χ0n) is 10.7. The van der Waals surface area contributed by atoms with Crippen molar-refractivity contribution in [2.24, 2.45) is 5.92 Å². The molecule has 1 aromatic carbocycles. The smallest absolute Gasteiger partial charge is 0.387 e. The molecule has 0 aliphatic heterocycles. The largest absolute Gasteiger partial charge is 0.435 e. The van der Waals surface area contributed by atoms with Crippen molar-refractivity contribution < 1.29 is 13.5 Å². The van der Waals surface area contributed by atoms with Crippen LogP contribution >= 0.6 is 0 Å². The van der Waals surface area contributed by atoms with Gasteiger partial charge in [-0.15, -0.1) is 0 Å². The number of benzene rings is 1. The highest BCUT2D eigenvalue weighted by Gasteiger charge is 2.31. The van der Waals surface area contributed by atoms with Crippen molar-refractivity contribution in [1.29, 1.82) is 0 Å². The molecule has 0 aromatic heterocycles. The van der Waals surface area contributed by atoms with E-state index in [0.717, 1.165) is 30.5 Å². The molecule has 0 heterocycles. The average Bonchev–Trinajstić information content (AvgIpc) is 2.63. The zero-order chi connectivity index (χ0) is 13.1. The lowest BCUT2D eigenvalue weighted by Gasteiger charge is -2.18. The fourth-order valence-corrected chi connectivity index (χ4v) is 2.66. The molecule has 1 aliphatic rings. The van der Waals surface area contributed by atoms with Gasteiger partial charge in [-0.25, -0.2) is 0 Å². The van der Waals surface area contributed by atoms with E-state index in [2.05, 4.69) is 23.9 Å². The number of nitrogens with one attached hydrogen (secondary N) is 1. The summed E-state index contributed by atoms with van der Waals surface area (Å²) < 4.78 is 29.3. The second-order valence-electron chi connectivity index (χ2n) is 4.82. The molecular weight excluding hydrogens is 236 g/mol. The van der Waals surface area contributed by atoms with Crippen LogP contribution in [0.1, 0.15) is 37.4 Å². The van der Waals surface area contributed by atoms with Gasteiger partial charge in [-0.1, -0.05) is 26.0 Å². The minimum atomic E-state index is -2.76. The summed E-state index contributed by atoms with van der Waals surface area (Å²) in [4.78, 5) is 0. The molecule has 0 saturated heterocycles. The van der Waals surface area contributed by atoms with Crippen molar-refractivity contribution in [1.82, 2.24) is 5.32 Å². The minimum absolute atomic E-state index is 0.251. The van der Waals surface area contributed by atoms with E-state index in [1.807, 2.05) is 6.07 Å². The van der Waals surface area contributed by atoms with Crippen LogP contribution in [-0.2, 0) is 6.42 Å². The van der Waals surface area contributed by atoms with Crippen molar-refractivity contribution in [3.05, 3.63) is 29.3 Å². The molecule has 0 saturated carbocycles. The summed E-state index contributed by atoms with van der Waals surface area (Å²) >= 11 is 0. The Labute approximate surface area is 106 Å². The first kappa shape index (κ1) is 13.3. The minimum Gasteiger partial charge on any atom is -0.435 e. The average molecular weight is 255 g/mol. The molecule has 1 N–H and O–H groups in total. The summed E-state index contributed by atoms with van der Waals surface area (Å²) in [6, 6.07) is 5.67. The van der Waals surface area contributed by atoms with Gasteiger partial charge in [0.1, 0.15) is 5.75 Å². The van der Waals surface area contributed by atoms with Gasteiger partial charge in [0.2, 0.25) is 0 Å². The van der Waals surface area contributed by atoms with Crippen LogP contribution in [0.5, 0.6) is 5.75 Å². The fraction of sp³-hybridized carbons (Fsp3) is 0.571. The highest BCUT2D eigenvalue weighted by Crippen LogP contribution is 2.40. The van der Waals surface area contributed by atoms with Crippen LogP contribution in [0.2, 0.25) is 0 Å². The molecule has 0 bridgehead atoms. The number of halogens is 2. The van der Waals surface area contributed by atoms with E-state index in [0.29, 0.717) is 11.7 Å². The third-order valence-electron chi connectivity index (χ3n) is 3.43. The van der Waals surface area contributed by atoms with Crippen LogP contribution in [0.15, 0.2) is 18.2 Å². The molecule has 0 amide bonds. The van der Waals surface area contributed by atoms with Crippen molar-refractivity contribution >= 4 is 0 Å². The first-order chi connectivity index (χ1) is 8.63. The summed E-state index contributed by atoms with van der Waals surface area (Å²) in [5.41, 5.74) is 2.04. The molecule has 2 rings (SSSR count). The molecule has 0 radical (unpaired) electrons. The van der Waals surface area contributed by atoms with Crippen LogP contribution in [0.3, 0.4) is 0 Å².